The van der Waals surface area contributed by atoms with Gasteiger partial charge < -0.3 is 14.1 Å². The van der Waals surface area contributed by atoms with Crippen molar-refractivity contribution in [1.29, 1.82) is 0 Å². The predicted molar refractivity (Wildman–Crippen MR) is 118 cm³/mol. The highest BCUT2D eigenvalue weighted by Gasteiger charge is 2.31. The SMILES string of the molecule is O=C1Oc2cc3ccccc3cc2C(=O)/C1=C/c1cc2oc(-c3ccccc3)cc2[nH]1. The van der Waals surface area contributed by atoms with Gasteiger partial charge in [0.05, 0.1) is 11.1 Å². The molecule has 6 rings (SSSR count). The summed E-state index contributed by atoms with van der Waals surface area (Å²) in [6.45, 7) is 0. The van der Waals surface area contributed by atoms with Crippen LogP contribution in [0.3, 0.4) is 0 Å². The number of aromatic amines is 1. The van der Waals surface area contributed by atoms with E-state index in [1.807, 2.05) is 60.7 Å². The first-order valence-corrected chi connectivity index (χ1v) is 9.85. The van der Waals surface area contributed by atoms with E-state index in [1.165, 1.54) is 6.08 Å². The monoisotopic (exact) mass is 405 g/mol. The molecule has 0 aliphatic carbocycles. The Morgan fingerprint density at radius 1 is 0.806 bits per heavy atom. The normalized spacial score (nSPS) is 14.9. The largest absolute Gasteiger partial charge is 0.454 e. The zero-order valence-electron chi connectivity index (χ0n) is 16.2. The van der Waals surface area contributed by atoms with E-state index in [9.17, 15) is 9.59 Å². The molecule has 1 aliphatic heterocycles. The van der Waals surface area contributed by atoms with Crippen LogP contribution in [0.5, 0.6) is 5.75 Å². The predicted octanol–water partition coefficient (Wildman–Crippen LogP) is 5.77. The second-order valence-corrected chi connectivity index (χ2v) is 7.45. The molecule has 0 unspecified atom stereocenters. The zero-order chi connectivity index (χ0) is 20.9. The number of esters is 1. The second kappa shape index (κ2) is 6.57. The van der Waals surface area contributed by atoms with Crippen LogP contribution < -0.4 is 4.74 Å². The van der Waals surface area contributed by atoms with E-state index in [0.29, 0.717) is 22.6 Å². The van der Waals surface area contributed by atoms with Gasteiger partial charge in [-0.2, -0.15) is 0 Å². The number of Topliss-reactive ketones (excluding diaryl/α,β-unsaturated/α-hetero) is 1. The number of hydrogen-bond donors (Lipinski definition) is 1. The number of carbonyl (C=O) groups excluding carboxylic acids is 2. The van der Waals surface area contributed by atoms with Crippen molar-refractivity contribution in [3.8, 4) is 17.1 Å². The number of benzene rings is 3. The summed E-state index contributed by atoms with van der Waals surface area (Å²) in [6, 6.07) is 24.6. The fraction of sp³-hybridized carbons (Fsp3) is 0. The maximum absolute atomic E-state index is 13.1. The molecule has 0 atom stereocenters. The van der Waals surface area contributed by atoms with E-state index in [-0.39, 0.29) is 11.4 Å². The molecule has 1 N–H and O–H groups in total. The summed E-state index contributed by atoms with van der Waals surface area (Å²) in [4.78, 5) is 28.8. The summed E-state index contributed by atoms with van der Waals surface area (Å²) < 4.78 is 11.4. The molecule has 2 aromatic heterocycles. The Morgan fingerprint density at radius 2 is 1.55 bits per heavy atom. The molecule has 0 fully saturated rings. The van der Waals surface area contributed by atoms with Crippen LogP contribution in [-0.4, -0.2) is 16.7 Å². The van der Waals surface area contributed by atoms with Crippen molar-refractivity contribution in [2.75, 3.05) is 0 Å². The first kappa shape index (κ1) is 17.5. The number of ketones is 1. The maximum atomic E-state index is 13.1. The molecule has 5 heteroatoms. The van der Waals surface area contributed by atoms with Crippen molar-refractivity contribution < 1.29 is 18.7 Å². The Balaban J connectivity index is 1.38. The molecule has 0 spiro atoms. The number of ether oxygens (including phenoxy) is 1. The van der Waals surface area contributed by atoms with E-state index < -0.39 is 5.97 Å². The maximum Gasteiger partial charge on any atom is 0.347 e. The average Bonchev–Trinajstić information content (AvgIpc) is 3.35. The summed E-state index contributed by atoms with van der Waals surface area (Å²) in [5.41, 5.74) is 3.36. The number of furan rings is 1. The molecule has 3 aromatic carbocycles. The highest BCUT2D eigenvalue weighted by atomic mass is 16.5. The van der Waals surface area contributed by atoms with E-state index in [4.69, 9.17) is 9.15 Å². The van der Waals surface area contributed by atoms with Gasteiger partial charge >= 0.3 is 5.97 Å². The van der Waals surface area contributed by atoms with Gasteiger partial charge in [0.1, 0.15) is 17.1 Å². The lowest BCUT2D eigenvalue weighted by Gasteiger charge is -2.17. The fourth-order valence-electron chi connectivity index (χ4n) is 3.92. The number of carbonyl (C=O) groups is 2. The quantitative estimate of drug-likeness (QED) is 0.175. The van der Waals surface area contributed by atoms with E-state index in [2.05, 4.69) is 4.98 Å². The highest BCUT2D eigenvalue weighted by molar-refractivity contribution is 6.30. The third kappa shape index (κ3) is 2.87. The first-order chi connectivity index (χ1) is 15.2. The molecule has 31 heavy (non-hydrogen) atoms. The molecular formula is C26H15NO4. The first-order valence-electron chi connectivity index (χ1n) is 9.85. The van der Waals surface area contributed by atoms with Crippen molar-refractivity contribution in [1.82, 2.24) is 4.98 Å². The third-order valence-corrected chi connectivity index (χ3v) is 5.44. The number of nitrogens with one attached hydrogen (secondary N) is 1. The van der Waals surface area contributed by atoms with Crippen molar-refractivity contribution in [3.63, 3.8) is 0 Å². The van der Waals surface area contributed by atoms with Gasteiger partial charge in [-0.3, -0.25) is 4.79 Å². The molecule has 0 saturated carbocycles. The lowest BCUT2D eigenvalue weighted by molar-refractivity contribution is -0.130. The van der Waals surface area contributed by atoms with Gasteiger partial charge in [0.25, 0.3) is 0 Å². The van der Waals surface area contributed by atoms with Crippen molar-refractivity contribution >= 4 is 39.7 Å². The van der Waals surface area contributed by atoms with E-state index in [1.54, 1.807) is 18.2 Å². The lowest BCUT2D eigenvalue weighted by atomic mass is 9.96. The summed E-state index contributed by atoms with van der Waals surface area (Å²) in [6.07, 6.45) is 1.51. The number of rotatable bonds is 2. The van der Waals surface area contributed by atoms with Crippen LogP contribution in [-0.2, 0) is 4.79 Å². The summed E-state index contributed by atoms with van der Waals surface area (Å²) in [5, 5.41) is 1.82. The second-order valence-electron chi connectivity index (χ2n) is 7.45. The fourth-order valence-corrected chi connectivity index (χ4v) is 3.92. The van der Waals surface area contributed by atoms with Gasteiger partial charge in [-0.15, -0.1) is 0 Å². The Morgan fingerprint density at radius 3 is 2.32 bits per heavy atom. The van der Waals surface area contributed by atoms with Crippen LogP contribution in [0.25, 0.3) is 39.3 Å². The van der Waals surface area contributed by atoms with Crippen molar-refractivity contribution in [2.24, 2.45) is 0 Å². The minimum atomic E-state index is -0.663. The standard InChI is InChI=1S/C26H15NO4/c28-25-19-10-16-8-4-5-9-17(16)11-23(19)31-26(29)20(25)12-18-13-24-21(27-18)14-22(30-24)15-6-2-1-3-7-15/h1-14,27H/b20-12-. The van der Waals surface area contributed by atoms with Crippen molar-refractivity contribution in [3.05, 3.63) is 95.7 Å². The molecule has 148 valence electrons. The van der Waals surface area contributed by atoms with Gasteiger partial charge in [-0.1, -0.05) is 54.6 Å². The number of H-pyrrole nitrogens is 1. The molecular weight excluding hydrogens is 390 g/mol. The molecule has 3 heterocycles. The molecule has 0 bridgehead atoms. The van der Waals surface area contributed by atoms with Crippen LogP contribution in [0.2, 0.25) is 0 Å². The summed E-state index contributed by atoms with van der Waals surface area (Å²) in [5.74, 6) is 0.0192. The molecule has 0 amide bonds. The Hall–Kier alpha value is -4.38. The number of hydrogen-bond acceptors (Lipinski definition) is 4. The minimum absolute atomic E-state index is 0.0185. The smallest absolute Gasteiger partial charge is 0.347 e. The number of aromatic nitrogens is 1. The summed E-state index contributed by atoms with van der Waals surface area (Å²) in [7, 11) is 0. The average molecular weight is 405 g/mol. The molecule has 1 aliphatic rings. The van der Waals surface area contributed by atoms with Crippen LogP contribution in [0, 0.1) is 0 Å². The van der Waals surface area contributed by atoms with Crippen LogP contribution in [0.1, 0.15) is 16.1 Å². The summed E-state index contributed by atoms with van der Waals surface area (Å²) >= 11 is 0. The molecule has 5 aromatic rings. The minimum Gasteiger partial charge on any atom is -0.454 e. The highest BCUT2D eigenvalue weighted by Crippen LogP contribution is 2.34. The van der Waals surface area contributed by atoms with Gasteiger partial charge in [-0.25, -0.2) is 4.79 Å². The Kier molecular flexibility index (Phi) is 3.70. The van der Waals surface area contributed by atoms with Gasteiger partial charge in [0.2, 0.25) is 5.78 Å². The zero-order valence-corrected chi connectivity index (χ0v) is 16.2. The molecule has 0 radical (unpaired) electrons. The third-order valence-electron chi connectivity index (χ3n) is 5.44. The molecule has 0 saturated heterocycles. The number of fused-ring (bicyclic) bond motifs is 3. The lowest BCUT2D eigenvalue weighted by Crippen LogP contribution is -2.25. The van der Waals surface area contributed by atoms with Crippen LogP contribution in [0.4, 0.5) is 0 Å². The van der Waals surface area contributed by atoms with E-state index in [0.717, 1.165) is 27.6 Å². The Labute approximate surface area is 176 Å². The Bertz CT molecular complexity index is 1500. The van der Waals surface area contributed by atoms with Gasteiger partial charge in [-0.05, 0) is 29.0 Å². The topological polar surface area (TPSA) is 72.3 Å². The van der Waals surface area contributed by atoms with E-state index >= 15 is 0 Å². The van der Waals surface area contributed by atoms with Crippen LogP contribution in [0.15, 0.2) is 88.9 Å². The van der Waals surface area contributed by atoms with Gasteiger partial charge in [0, 0.05) is 23.4 Å². The van der Waals surface area contributed by atoms with Gasteiger partial charge in [0.15, 0.2) is 5.58 Å². The van der Waals surface area contributed by atoms with Crippen molar-refractivity contribution in [2.45, 2.75) is 0 Å². The molecule has 5 nitrogen and oxygen atoms in total. The van der Waals surface area contributed by atoms with Crippen LogP contribution >= 0.6 is 0 Å².